The van der Waals surface area contributed by atoms with Crippen molar-refractivity contribution in [3.63, 3.8) is 0 Å². The minimum absolute atomic E-state index is 0.0276. The number of aromatic hydroxyl groups is 1. The van der Waals surface area contributed by atoms with Crippen LogP contribution in [0.5, 0.6) is 5.75 Å². The zero-order chi connectivity index (χ0) is 32.2. The molecule has 1 fully saturated rings. The number of aliphatic hydroxyl groups is 3. The van der Waals surface area contributed by atoms with Gasteiger partial charge in [0.05, 0.1) is 24.9 Å². The lowest BCUT2D eigenvalue weighted by atomic mass is 9.87. The smallest absolute Gasteiger partial charge is 0.227 e. The van der Waals surface area contributed by atoms with E-state index in [1.807, 2.05) is 23.1 Å². The fourth-order valence-corrected chi connectivity index (χ4v) is 6.63. The largest absolute Gasteiger partial charge is 0.508 e. The number of amidine groups is 1. The topological polar surface area (TPSA) is 114 Å². The van der Waals surface area contributed by atoms with Crippen molar-refractivity contribution in [2.45, 2.75) is 102 Å². The van der Waals surface area contributed by atoms with Gasteiger partial charge in [-0.2, -0.15) is 0 Å². The van der Waals surface area contributed by atoms with E-state index in [0.29, 0.717) is 45.2 Å². The molecule has 6 atom stereocenters. The summed E-state index contributed by atoms with van der Waals surface area (Å²) in [7, 11) is 0. The molecule has 2 aromatic rings. The van der Waals surface area contributed by atoms with Gasteiger partial charge in [0, 0.05) is 37.6 Å². The summed E-state index contributed by atoms with van der Waals surface area (Å²) in [5.74, 6) is 0.807. The minimum Gasteiger partial charge on any atom is -0.508 e. The molecular formula is C38H52N2O5. The molecule has 0 spiro atoms. The molecule has 2 aliphatic rings. The van der Waals surface area contributed by atoms with Crippen LogP contribution in [0.15, 0.2) is 77.8 Å². The number of aryl methyl sites for hydroxylation is 1. The van der Waals surface area contributed by atoms with Gasteiger partial charge in [0.15, 0.2) is 0 Å². The Morgan fingerprint density at radius 2 is 1.84 bits per heavy atom. The van der Waals surface area contributed by atoms with E-state index in [1.54, 1.807) is 18.2 Å². The zero-order valence-corrected chi connectivity index (χ0v) is 27.0. The molecule has 2 aromatic carbocycles. The van der Waals surface area contributed by atoms with Crippen LogP contribution in [0.25, 0.3) is 0 Å². The van der Waals surface area contributed by atoms with Crippen LogP contribution < -0.4 is 0 Å². The van der Waals surface area contributed by atoms with Gasteiger partial charge in [-0.1, -0.05) is 92.5 Å². The number of aliphatic imine (C=N–C) groups is 1. The molecule has 1 heterocycles. The third-order valence-corrected chi connectivity index (χ3v) is 9.28. The highest BCUT2D eigenvalue weighted by atomic mass is 16.3. The van der Waals surface area contributed by atoms with Gasteiger partial charge in [-0.15, -0.1) is 0 Å². The molecule has 45 heavy (non-hydrogen) atoms. The van der Waals surface area contributed by atoms with E-state index in [1.165, 1.54) is 5.56 Å². The normalized spacial score (nSPS) is 23.2. The molecule has 0 saturated heterocycles. The van der Waals surface area contributed by atoms with Crippen LogP contribution in [-0.2, 0) is 4.79 Å². The van der Waals surface area contributed by atoms with Gasteiger partial charge in [-0.05, 0) is 61.8 Å². The first-order valence-corrected chi connectivity index (χ1v) is 16.8. The van der Waals surface area contributed by atoms with E-state index in [9.17, 15) is 25.2 Å². The number of phenols is 1. The van der Waals surface area contributed by atoms with Gasteiger partial charge >= 0.3 is 0 Å². The van der Waals surface area contributed by atoms with Gasteiger partial charge in [0.2, 0.25) is 5.91 Å². The molecular weight excluding hydrogens is 564 g/mol. The molecule has 244 valence electrons. The average Bonchev–Trinajstić information content (AvgIpc) is 3.60. The minimum atomic E-state index is -0.607. The summed E-state index contributed by atoms with van der Waals surface area (Å²) < 4.78 is 0. The number of nitrogens with zero attached hydrogens (tertiary/aromatic N) is 2. The second-order valence-electron chi connectivity index (χ2n) is 12.8. The summed E-state index contributed by atoms with van der Waals surface area (Å²) in [5.41, 5.74) is 3.30. The summed E-state index contributed by atoms with van der Waals surface area (Å²) in [5, 5.41) is 41.5. The fourth-order valence-electron chi connectivity index (χ4n) is 6.63. The van der Waals surface area contributed by atoms with E-state index in [2.05, 4.69) is 50.3 Å². The standard InChI is InChI=1S/C38H52N2O5/c1-3-4-7-12-30(41)20-21-33-32(35(43)26-36(33)44)14-8-5-6-9-15-38(45)40-23-22-39-37(40)25-34(28-18-16-27(2)17-19-28)29-11-10-13-31(42)24-29/h5,8,10-11,13,16-21,24,30,32-36,41-44H,3-4,6-7,9,12,14-15,22-23,25-26H2,1-2H3/t30-,32+,33+,34?,35-,36+/m0/s1. The molecule has 7 heteroatoms. The first-order chi connectivity index (χ1) is 21.8. The van der Waals surface area contributed by atoms with Crippen LogP contribution in [-0.4, -0.2) is 68.5 Å². The molecule has 1 aliphatic carbocycles. The second-order valence-corrected chi connectivity index (χ2v) is 12.8. The Morgan fingerprint density at radius 1 is 1.04 bits per heavy atom. The monoisotopic (exact) mass is 616 g/mol. The maximum Gasteiger partial charge on any atom is 0.227 e. The third kappa shape index (κ3) is 10.1. The number of carbonyl (C=O) groups excluding carboxylic acids is 1. The van der Waals surface area contributed by atoms with Crippen molar-refractivity contribution in [1.82, 2.24) is 4.90 Å². The lowest BCUT2D eigenvalue weighted by Gasteiger charge is -2.24. The number of phenolic OH excluding ortho intramolecular Hbond substituents is 1. The van der Waals surface area contributed by atoms with Crippen molar-refractivity contribution >= 4 is 11.7 Å². The number of rotatable bonds is 16. The quantitative estimate of drug-likeness (QED) is 0.128. The Morgan fingerprint density at radius 3 is 2.60 bits per heavy atom. The highest BCUT2D eigenvalue weighted by Crippen LogP contribution is 2.36. The number of aliphatic hydroxyl groups excluding tert-OH is 3. The van der Waals surface area contributed by atoms with Crippen molar-refractivity contribution in [3.05, 3.63) is 89.5 Å². The number of hydrogen-bond acceptors (Lipinski definition) is 6. The van der Waals surface area contributed by atoms with E-state index in [-0.39, 0.29) is 29.4 Å². The van der Waals surface area contributed by atoms with Crippen LogP contribution in [0.1, 0.15) is 93.7 Å². The highest BCUT2D eigenvalue weighted by molar-refractivity contribution is 5.99. The Kier molecular flexibility index (Phi) is 13.4. The molecule has 7 nitrogen and oxygen atoms in total. The van der Waals surface area contributed by atoms with Gasteiger partial charge in [-0.25, -0.2) is 0 Å². The van der Waals surface area contributed by atoms with Crippen molar-refractivity contribution < 1.29 is 25.2 Å². The Bertz CT molecular complexity index is 1300. The predicted octanol–water partition coefficient (Wildman–Crippen LogP) is 6.44. The Balaban J connectivity index is 1.27. The molecule has 0 bridgehead atoms. The summed E-state index contributed by atoms with van der Waals surface area (Å²) in [4.78, 5) is 19.8. The first kappa shape index (κ1) is 34.6. The molecule has 4 N–H and O–H groups in total. The van der Waals surface area contributed by atoms with E-state index >= 15 is 0 Å². The van der Waals surface area contributed by atoms with E-state index < -0.39 is 18.3 Å². The summed E-state index contributed by atoms with van der Waals surface area (Å²) in [6, 6.07) is 15.7. The zero-order valence-electron chi connectivity index (χ0n) is 27.0. The van der Waals surface area contributed by atoms with E-state index in [4.69, 9.17) is 4.99 Å². The van der Waals surface area contributed by atoms with Crippen molar-refractivity contribution in [2.75, 3.05) is 13.1 Å². The van der Waals surface area contributed by atoms with E-state index in [0.717, 1.165) is 49.1 Å². The number of carbonyl (C=O) groups is 1. The molecule has 1 unspecified atom stereocenters. The molecule has 4 rings (SSSR count). The summed E-state index contributed by atoms with van der Waals surface area (Å²) in [6.07, 6.45) is 13.5. The molecule has 0 radical (unpaired) electrons. The number of allylic oxidation sites excluding steroid dienone is 2. The maximum absolute atomic E-state index is 13.3. The van der Waals surface area contributed by atoms with Gasteiger partial charge in [-0.3, -0.25) is 14.7 Å². The predicted molar refractivity (Wildman–Crippen MR) is 180 cm³/mol. The van der Waals surface area contributed by atoms with Gasteiger partial charge in [0.25, 0.3) is 0 Å². The Labute approximate surface area is 269 Å². The summed E-state index contributed by atoms with van der Waals surface area (Å²) >= 11 is 0. The Hall–Kier alpha value is -3.26. The number of unbranched alkanes of at least 4 members (excludes halogenated alkanes) is 3. The average molecular weight is 617 g/mol. The maximum atomic E-state index is 13.3. The van der Waals surface area contributed by atoms with Crippen LogP contribution >= 0.6 is 0 Å². The van der Waals surface area contributed by atoms with Crippen molar-refractivity contribution in [1.29, 1.82) is 0 Å². The molecule has 1 aliphatic heterocycles. The number of benzene rings is 2. The SMILES string of the molecule is CCCCC[C@H](O)C=C[C@@H]1[C@@H](CC=CCCCC(=O)N2CCN=C2CC(c2ccc(C)cc2)c2cccc(O)c2)[C@@H](O)C[C@H]1O. The van der Waals surface area contributed by atoms with Crippen molar-refractivity contribution in [3.8, 4) is 5.75 Å². The fraction of sp³-hybridized carbons (Fsp3) is 0.526. The second kappa shape index (κ2) is 17.4. The van der Waals surface area contributed by atoms with Gasteiger partial charge < -0.3 is 20.4 Å². The van der Waals surface area contributed by atoms with Crippen LogP contribution in [0.3, 0.4) is 0 Å². The number of hydrogen-bond donors (Lipinski definition) is 4. The van der Waals surface area contributed by atoms with Gasteiger partial charge in [0.1, 0.15) is 11.6 Å². The molecule has 1 amide bonds. The summed E-state index contributed by atoms with van der Waals surface area (Å²) in [6.45, 7) is 5.39. The lowest BCUT2D eigenvalue weighted by molar-refractivity contribution is -0.127. The van der Waals surface area contributed by atoms with Crippen LogP contribution in [0, 0.1) is 18.8 Å². The van der Waals surface area contributed by atoms with Crippen LogP contribution in [0.2, 0.25) is 0 Å². The van der Waals surface area contributed by atoms with Crippen LogP contribution in [0.4, 0.5) is 0 Å². The highest BCUT2D eigenvalue weighted by Gasteiger charge is 2.39. The lowest BCUT2D eigenvalue weighted by Crippen LogP contribution is -2.35. The third-order valence-electron chi connectivity index (χ3n) is 9.28. The molecule has 1 saturated carbocycles. The first-order valence-electron chi connectivity index (χ1n) is 16.8. The number of amides is 1. The van der Waals surface area contributed by atoms with Crippen molar-refractivity contribution in [2.24, 2.45) is 16.8 Å². The molecule has 0 aromatic heterocycles.